The second kappa shape index (κ2) is 5.79. The number of thiazole rings is 1. The van der Waals surface area contributed by atoms with E-state index in [0.717, 1.165) is 17.1 Å². The Balaban J connectivity index is 2.07. The molecule has 1 saturated heterocycles. The summed E-state index contributed by atoms with van der Waals surface area (Å²) in [6.07, 6.45) is 2.02. The molecule has 112 valence electrons. The fourth-order valence-electron chi connectivity index (χ4n) is 2.17. The average Bonchev–Trinajstić information content (AvgIpc) is 2.78. The lowest BCUT2D eigenvalue weighted by atomic mass is 10.3. The highest BCUT2D eigenvalue weighted by Crippen LogP contribution is 2.21. The summed E-state index contributed by atoms with van der Waals surface area (Å²) in [6.45, 7) is 5.45. The lowest BCUT2D eigenvalue weighted by Crippen LogP contribution is -2.50. The first-order valence-electron chi connectivity index (χ1n) is 6.53. The summed E-state index contributed by atoms with van der Waals surface area (Å²) in [7, 11) is -3.16. The summed E-state index contributed by atoms with van der Waals surface area (Å²) in [5.74, 6) is -0.0344. The van der Waals surface area contributed by atoms with Crippen molar-refractivity contribution < 1.29 is 13.2 Å². The van der Waals surface area contributed by atoms with E-state index in [-0.39, 0.29) is 5.91 Å². The molecule has 0 unspecified atom stereocenters. The number of nitrogens with zero attached hydrogens (tertiary/aromatic N) is 3. The molecule has 2 heterocycles. The number of aromatic nitrogens is 1. The third kappa shape index (κ3) is 3.18. The topological polar surface area (TPSA) is 70.6 Å². The van der Waals surface area contributed by atoms with Crippen molar-refractivity contribution >= 4 is 27.3 Å². The molecule has 0 aromatic carbocycles. The van der Waals surface area contributed by atoms with Crippen molar-refractivity contribution in [3.05, 3.63) is 15.6 Å². The van der Waals surface area contributed by atoms with Crippen LogP contribution in [0.2, 0.25) is 0 Å². The number of aryl methyl sites for hydroxylation is 2. The maximum Gasteiger partial charge on any atom is 0.265 e. The van der Waals surface area contributed by atoms with Crippen LogP contribution in [0.25, 0.3) is 0 Å². The molecule has 0 saturated carbocycles. The summed E-state index contributed by atoms with van der Waals surface area (Å²) >= 11 is 1.43. The van der Waals surface area contributed by atoms with Crippen LogP contribution in [0.1, 0.15) is 27.3 Å². The maximum absolute atomic E-state index is 12.4. The number of carbonyl (C=O) groups is 1. The fourth-order valence-corrected chi connectivity index (χ4v) is 3.97. The zero-order valence-corrected chi connectivity index (χ0v) is 13.6. The Morgan fingerprint density at radius 1 is 1.30 bits per heavy atom. The Kier molecular flexibility index (Phi) is 4.46. The zero-order valence-electron chi connectivity index (χ0n) is 11.9. The van der Waals surface area contributed by atoms with Gasteiger partial charge in [0.05, 0.1) is 17.0 Å². The number of piperazine rings is 1. The molecule has 0 N–H and O–H groups in total. The first kappa shape index (κ1) is 15.4. The third-order valence-corrected chi connectivity index (χ3v) is 5.93. The van der Waals surface area contributed by atoms with E-state index in [4.69, 9.17) is 0 Å². The Labute approximate surface area is 123 Å². The summed E-state index contributed by atoms with van der Waals surface area (Å²) in [5.41, 5.74) is 0.766. The number of hydrogen-bond donors (Lipinski definition) is 0. The molecule has 2 rings (SSSR count). The van der Waals surface area contributed by atoms with E-state index in [1.807, 2.05) is 13.8 Å². The van der Waals surface area contributed by atoms with Gasteiger partial charge in [0.25, 0.3) is 5.91 Å². The number of carbonyl (C=O) groups excluding carboxylic acids is 1. The molecule has 1 aromatic heterocycles. The quantitative estimate of drug-likeness (QED) is 0.824. The summed E-state index contributed by atoms with van der Waals surface area (Å²) in [6, 6.07) is 0. The number of amides is 1. The Bertz CT molecular complexity index is 601. The highest BCUT2D eigenvalue weighted by atomic mass is 32.2. The summed E-state index contributed by atoms with van der Waals surface area (Å²) < 4.78 is 24.3. The normalized spacial score (nSPS) is 17.4. The molecule has 1 aliphatic heterocycles. The smallest absolute Gasteiger partial charge is 0.265 e. The number of hydrogen-bond acceptors (Lipinski definition) is 5. The van der Waals surface area contributed by atoms with Gasteiger partial charge in [-0.25, -0.2) is 13.4 Å². The van der Waals surface area contributed by atoms with E-state index in [2.05, 4.69) is 4.98 Å². The molecule has 0 aliphatic carbocycles. The Hall–Kier alpha value is -0.990. The largest absolute Gasteiger partial charge is 0.335 e. The molecule has 0 bridgehead atoms. The van der Waals surface area contributed by atoms with E-state index in [1.165, 1.54) is 21.9 Å². The molecular weight excluding hydrogens is 298 g/mol. The van der Waals surface area contributed by atoms with E-state index >= 15 is 0 Å². The molecule has 0 radical (unpaired) electrons. The van der Waals surface area contributed by atoms with Crippen LogP contribution in [0.4, 0.5) is 0 Å². The minimum atomic E-state index is -3.16. The molecule has 1 aromatic rings. The van der Waals surface area contributed by atoms with Gasteiger partial charge in [-0.3, -0.25) is 4.79 Å². The van der Waals surface area contributed by atoms with Crippen LogP contribution in [0.15, 0.2) is 0 Å². The molecule has 1 fully saturated rings. The first-order chi connectivity index (χ1) is 9.32. The van der Waals surface area contributed by atoms with Crippen molar-refractivity contribution in [3.8, 4) is 0 Å². The predicted octanol–water partition coefficient (Wildman–Crippen LogP) is 0.731. The molecule has 20 heavy (non-hydrogen) atoms. The lowest BCUT2D eigenvalue weighted by molar-refractivity contribution is 0.0702. The monoisotopic (exact) mass is 317 g/mol. The van der Waals surface area contributed by atoms with Crippen molar-refractivity contribution in [2.24, 2.45) is 0 Å². The number of sulfonamides is 1. The average molecular weight is 317 g/mol. The zero-order chi connectivity index (χ0) is 14.9. The SMILES string of the molecule is CCc1nc(C)c(C(=O)N2CCN(S(C)(=O)=O)CC2)s1. The van der Waals surface area contributed by atoms with Crippen LogP contribution in [0.5, 0.6) is 0 Å². The van der Waals surface area contributed by atoms with Gasteiger partial charge in [0.2, 0.25) is 10.0 Å². The van der Waals surface area contributed by atoms with Gasteiger partial charge in [-0.2, -0.15) is 4.31 Å². The standard InChI is InChI=1S/C12H19N3O3S2/c1-4-10-13-9(2)11(19-10)12(16)14-5-7-15(8-6-14)20(3,17)18/h4-8H2,1-3H3. The Morgan fingerprint density at radius 2 is 1.90 bits per heavy atom. The van der Waals surface area contributed by atoms with Crippen LogP contribution < -0.4 is 0 Å². The van der Waals surface area contributed by atoms with Crippen LogP contribution in [0.3, 0.4) is 0 Å². The van der Waals surface area contributed by atoms with Gasteiger partial charge in [-0.1, -0.05) is 6.92 Å². The van der Waals surface area contributed by atoms with E-state index in [1.54, 1.807) is 4.90 Å². The van der Waals surface area contributed by atoms with Gasteiger partial charge < -0.3 is 4.90 Å². The maximum atomic E-state index is 12.4. The predicted molar refractivity (Wildman–Crippen MR) is 78.5 cm³/mol. The van der Waals surface area contributed by atoms with E-state index in [9.17, 15) is 13.2 Å². The van der Waals surface area contributed by atoms with Gasteiger partial charge in [0, 0.05) is 26.2 Å². The summed E-state index contributed by atoms with van der Waals surface area (Å²) in [4.78, 5) is 19.2. The lowest BCUT2D eigenvalue weighted by Gasteiger charge is -2.33. The van der Waals surface area contributed by atoms with Gasteiger partial charge in [0.1, 0.15) is 4.88 Å². The number of rotatable bonds is 3. The minimum Gasteiger partial charge on any atom is -0.335 e. The highest BCUT2D eigenvalue weighted by Gasteiger charge is 2.28. The van der Waals surface area contributed by atoms with Crippen LogP contribution in [0, 0.1) is 6.92 Å². The molecule has 6 nitrogen and oxygen atoms in total. The second-order valence-corrected chi connectivity index (χ2v) is 7.90. The molecular formula is C12H19N3O3S2. The van der Waals surface area contributed by atoms with Crippen molar-refractivity contribution in [3.63, 3.8) is 0 Å². The molecule has 0 spiro atoms. The van der Waals surface area contributed by atoms with Crippen LogP contribution >= 0.6 is 11.3 Å². The Morgan fingerprint density at radius 3 is 2.35 bits per heavy atom. The highest BCUT2D eigenvalue weighted by molar-refractivity contribution is 7.88. The van der Waals surface area contributed by atoms with Gasteiger partial charge in [-0.15, -0.1) is 11.3 Å². The van der Waals surface area contributed by atoms with Crippen molar-refractivity contribution in [1.82, 2.24) is 14.2 Å². The van der Waals surface area contributed by atoms with Gasteiger partial charge in [0.15, 0.2) is 0 Å². The van der Waals surface area contributed by atoms with Crippen LogP contribution in [-0.4, -0.2) is 60.9 Å². The molecule has 1 aliphatic rings. The van der Waals surface area contributed by atoms with Crippen LogP contribution in [-0.2, 0) is 16.4 Å². The van der Waals surface area contributed by atoms with Gasteiger partial charge in [-0.05, 0) is 13.3 Å². The van der Waals surface area contributed by atoms with E-state index in [0.29, 0.717) is 31.1 Å². The van der Waals surface area contributed by atoms with E-state index < -0.39 is 10.0 Å². The second-order valence-electron chi connectivity index (χ2n) is 4.83. The van der Waals surface area contributed by atoms with Crippen molar-refractivity contribution in [1.29, 1.82) is 0 Å². The molecule has 8 heteroatoms. The van der Waals surface area contributed by atoms with Crippen molar-refractivity contribution in [2.75, 3.05) is 32.4 Å². The minimum absolute atomic E-state index is 0.0344. The summed E-state index contributed by atoms with van der Waals surface area (Å²) in [5, 5.41) is 0.959. The van der Waals surface area contributed by atoms with Crippen molar-refractivity contribution in [2.45, 2.75) is 20.3 Å². The molecule has 0 atom stereocenters. The molecule has 1 amide bonds. The third-order valence-electron chi connectivity index (χ3n) is 3.33. The van der Waals surface area contributed by atoms with Gasteiger partial charge >= 0.3 is 0 Å². The first-order valence-corrected chi connectivity index (χ1v) is 9.20. The fraction of sp³-hybridized carbons (Fsp3) is 0.667.